The number of benzene rings is 1. The molecule has 1 aliphatic carbocycles. The normalized spacial score (nSPS) is 17.9. The van der Waals surface area contributed by atoms with Crippen molar-refractivity contribution in [3.05, 3.63) is 69.5 Å². The minimum Gasteiger partial charge on any atom is -0.381 e. The number of nitrogens with one attached hydrogen (secondary N) is 1. The van der Waals surface area contributed by atoms with Gasteiger partial charge in [-0.05, 0) is 65.9 Å². The van der Waals surface area contributed by atoms with Crippen LogP contribution in [-0.4, -0.2) is 51.4 Å². The van der Waals surface area contributed by atoms with Crippen molar-refractivity contribution in [2.24, 2.45) is 5.92 Å². The lowest BCUT2D eigenvalue weighted by molar-refractivity contribution is -0.126. The average molecular weight is 588 g/mol. The number of ether oxygens (including phenoxy) is 1. The van der Waals surface area contributed by atoms with Crippen LogP contribution in [0.2, 0.25) is 0 Å². The maximum absolute atomic E-state index is 14.5. The van der Waals surface area contributed by atoms with Crippen LogP contribution in [0.4, 0.5) is 4.39 Å². The molecule has 1 N–H and O–H groups in total. The number of amides is 2. The van der Waals surface area contributed by atoms with Gasteiger partial charge in [-0.25, -0.2) is 4.39 Å². The lowest BCUT2D eigenvalue weighted by Gasteiger charge is -2.32. The van der Waals surface area contributed by atoms with Gasteiger partial charge >= 0.3 is 0 Å². The molecule has 1 saturated heterocycles. The maximum Gasteiger partial charge on any atom is 0.255 e. The van der Waals surface area contributed by atoms with Crippen molar-refractivity contribution in [2.45, 2.75) is 57.7 Å². The van der Waals surface area contributed by atoms with Crippen molar-refractivity contribution in [2.75, 3.05) is 19.8 Å². The number of aryl methyl sites for hydroxylation is 1. The molecule has 2 atom stereocenters. The van der Waals surface area contributed by atoms with E-state index < -0.39 is 17.8 Å². The largest absolute Gasteiger partial charge is 0.381 e. The zero-order chi connectivity index (χ0) is 26.6. The number of hydrogen-bond donors (Lipinski definition) is 1. The molecule has 3 heterocycles. The molecule has 3 aromatic rings. The van der Waals surface area contributed by atoms with E-state index in [1.54, 1.807) is 23.0 Å². The molecule has 2 unspecified atom stereocenters. The summed E-state index contributed by atoms with van der Waals surface area (Å²) in [6.45, 7) is 4.38. The van der Waals surface area contributed by atoms with Crippen molar-refractivity contribution in [3.8, 4) is 0 Å². The Kier molecular flexibility index (Phi) is 8.23. The summed E-state index contributed by atoms with van der Waals surface area (Å²) in [4.78, 5) is 29.4. The molecule has 0 bridgehead atoms. The molecular weight excluding hydrogens is 557 g/mol. The molecule has 9 nitrogen and oxygen atoms in total. The van der Waals surface area contributed by atoms with Gasteiger partial charge in [-0.3, -0.25) is 14.3 Å². The van der Waals surface area contributed by atoms with Gasteiger partial charge in [-0.1, -0.05) is 12.1 Å². The smallest absolute Gasteiger partial charge is 0.255 e. The van der Waals surface area contributed by atoms with Gasteiger partial charge in [0.1, 0.15) is 12.1 Å². The molecule has 2 aliphatic rings. The van der Waals surface area contributed by atoms with E-state index in [4.69, 9.17) is 9.26 Å². The van der Waals surface area contributed by atoms with Crippen LogP contribution >= 0.6 is 15.9 Å². The van der Waals surface area contributed by atoms with Crippen molar-refractivity contribution in [3.63, 3.8) is 0 Å². The number of rotatable bonds is 11. The molecule has 2 fully saturated rings. The van der Waals surface area contributed by atoms with E-state index >= 15 is 0 Å². The molecule has 0 spiro atoms. The minimum atomic E-state index is -1.01. The van der Waals surface area contributed by atoms with E-state index in [0.717, 1.165) is 36.9 Å². The lowest BCUT2D eigenvalue weighted by Crippen LogP contribution is -2.45. The Morgan fingerprint density at radius 3 is 2.84 bits per heavy atom. The predicted octanol–water partition coefficient (Wildman–Crippen LogP) is 4.60. The fraction of sp³-hybridized carbons (Fsp3) is 0.481. The van der Waals surface area contributed by atoms with Crippen LogP contribution in [-0.2, 0) is 22.6 Å². The molecule has 38 heavy (non-hydrogen) atoms. The van der Waals surface area contributed by atoms with Crippen LogP contribution in [0.1, 0.15) is 71.9 Å². The number of carbonyl (C=O) groups excluding carboxylic acids is 2. The van der Waals surface area contributed by atoms with E-state index in [-0.39, 0.29) is 34.3 Å². The van der Waals surface area contributed by atoms with Crippen LogP contribution in [0.25, 0.3) is 0 Å². The second-order valence-corrected chi connectivity index (χ2v) is 10.8. The highest BCUT2D eigenvalue weighted by atomic mass is 79.9. The number of halogens is 2. The van der Waals surface area contributed by atoms with Crippen molar-refractivity contribution in [1.29, 1.82) is 0 Å². The van der Waals surface area contributed by atoms with Gasteiger partial charge in [-0.15, -0.1) is 0 Å². The summed E-state index contributed by atoms with van der Waals surface area (Å²) in [5, 5.41) is 11.6. The summed E-state index contributed by atoms with van der Waals surface area (Å²) in [5.74, 6) is -0.869. The first-order valence-corrected chi connectivity index (χ1v) is 13.8. The topological polar surface area (TPSA) is 102 Å². The summed E-state index contributed by atoms with van der Waals surface area (Å²) >= 11 is 3.15. The number of hydrogen-bond acceptors (Lipinski definition) is 6. The van der Waals surface area contributed by atoms with E-state index in [2.05, 4.69) is 31.5 Å². The molecule has 2 aromatic heterocycles. The van der Waals surface area contributed by atoms with Gasteiger partial charge in [0.05, 0.1) is 29.0 Å². The molecule has 2 amide bonds. The van der Waals surface area contributed by atoms with Crippen molar-refractivity contribution < 1.29 is 23.2 Å². The fourth-order valence-corrected chi connectivity index (χ4v) is 5.08. The van der Waals surface area contributed by atoms with Crippen LogP contribution in [0.3, 0.4) is 0 Å². The minimum absolute atomic E-state index is 0.0772. The van der Waals surface area contributed by atoms with Crippen molar-refractivity contribution >= 4 is 27.7 Å². The van der Waals surface area contributed by atoms with E-state index in [0.29, 0.717) is 32.0 Å². The Balaban J connectivity index is 1.54. The number of nitrogens with zero attached hydrogens (tertiary/aromatic N) is 4. The molecule has 1 aromatic carbocycles. The number of carbonyl (C=O) groups is 2. The summed E-state index contributed by atoms with van der Waals surface area (Å²) in [7, 11) is 0. The van der Waals surface area contributed by atoms with Gasteiger partial charge < -0.3 is 19.5 Å². The van der Waals surface area contributed by atoms with Crippen LogP contribution < -0.4 is 5.32 Å². The van der Waals surface area contributed by atoms with E-state index in [9.17, 15) is 14.0 Å². The number of aromatic nitrogens is 3. The summed E-state index contributed by atoms with van der Waals surface area (Å²) in [6, 6.07) is 4.98. The van der Waals surface area contributed by atoms with Crippen LogP contribution in [0.5, 0.6) is 0 Å². The second kappa shape index (κ2) is 11.8. The van der Waals surface area contributed by atoms with Gasteiger partial charge in [0.15, 0.2) is 6.04 Å². The Morgan fingerprint density at radius 2 is 2.13 bits per heavy atom. The van der Waals surface area contributed by atoms with Gasteiger partial charge in [0, 0.05) is 48.9 Å². The first-order chi connectivity index (χ1) is 18.5. The van der Waals surface area contributed by atoms with Gasteiger partial charge in [-0.2, -0.15) is 5.10 Å². The SMILES string of the molecule is CCCn1nccc1C(C(=O)NCC1CCOC1)N(Cc1conc1C1CC1)C(=O)c1ccc(Br)c(F)c1. The third-order valence-electron chi connectivity index (χ3n) is 7.02. The van der Waals surface area contributed by atoms with E-state index in [1.165, 1.54) is 23.3 Å². The molecule has 202 valence electrons. The first kappa shape index (κ1) is 26.6. The Bertz CT molecular complexity index is 1280. The Morgan fingerprint density at radius 1 is 1.29 bits per heavy atom. The lowest BCUT2D eigenvalue weighted by atomic mass is 10.0. The van der Waals surface area contributed by atoms with Gasteiger partial charge in [0.25, 0.3) is 5.91 Å². The summed E-state index contributed by atoms with van der Waals surface area (Å²) in [6.07, 6.45) is 6.83. The second-order valence-electron chi connectivity index (χ2n) is 9.92. The molecule has 1 aliphatic heterocycles. The quantitative estimate of drug-likeness (QED) is 0.352. The van der Waals surface area contributed by atoms with Crippen molar-refractivity contribution in [1.82, 2.24) is 25.2 Å². The third-order valence-corrected chi connectivity index (χ3v) is 7.66. The summed E-state index contributed by atoms with van der Waals surface area (Å²) in [5.41, 5.74) is 2.26. The van der Waals surface area contributed by atoms with E-state index in [1.807, 2.05) is 6.92 Å². The Hall–Kier alpha value is -3.05. The molecule has 0 radical (unpaired) electrons. The average Bonchev–Trinajstić information content (AvgIpc) is 3.26. The highest BCUT2D eigenvalue weighted by Crippen LogP contribution is 2.41. The Labute approximate surface area is 228 Å². The molecular formula is C27H31BrFN5O4. The van der Waals surface area contributed by atoms with Crippen LogP contribution in [0, 0.1) is 11.7 Å². The third kappa shape index (κ3) is 5.83. The van der Waals surface area contributed by atoms with Gasteiger partial charge in [0.2, 0.25) is 5.91 Å². The zero-order valence-corrected chi connectivity index (χ0v) is 22.8. The van der Waals surface area contributed by atoms with Crippen LogP contribution in [0.15, 0.2) is 45.7 Å². The molecule has 1 saturated carbocycles. The zero-order valence-electron chi connectivity index (χ0n) is 21.2. The first-order valence-electron chi connectivity index (χ1n) is 13.0. The highest BCUT2D eigenvalue weighted by Gasteiger charge is 2.37. The highest BCUT2D eigenvalue weighted by molar-refractivity contribution is 9.10. The molecule has 5 rings (SSSR count). The predicted molar refractivity (Wildman–Crippen MR) is 140 cm³/mol. The fourth-order valence-electron chi connectivity index (χ4n) is 4.83. The summed E-state index contributed by atoms with van der Waals surface area (Å²) < 4.78 is 27.3. The maximum atomic E-state index is 14.5. The molecule has 11 heteroatoms. The standard InChI is InChI=1S/C27H31BrFN5O4/c1-2-10-34-23(7-9-31-34)25(26(35)30-13-17-8-11-37-15-17)33(14-20-16-38-32-24(20)18-3-4-18)27(36)19-5-6-21(28)22(29)12-19/h5-7,9,12,16-18,25H,2-4,8,10-11,13-15H2,1H3,(H,30,35). The monoisotopic (exact) mass is 587 g/mol.